The summed E-state index contributed by atoms with van der Waals surface area (Å²) in [6.45, 7) is 0.201. The molecular formula is C18H17F4N3O4. The van der Waals surface area contributed by atoms with E-state index in [1.807, 2.05) is 0 Å². The lowest BCUT2D eigenvalue weighted by atomic mass is 9.88. The first-order valence-corrected chi connectivity index (χ1v) is 8.65. The van der Waals surface area contributed by atoms with Crippen LogP contribution in [0.3, 0.4) is 0 Å². The summed E-state index contributed by atoms with van der Waals surface area (Å²) in [6, 6.07) is 4.41. The largest absolute Gasteiger partial charge is 0.496 e. The average molecular weight is 415 g/mol. The highest BCUT2D eigenvalue weighted by molar-refractivity contribution is 5.68. The highest BCUT2D eigenvalue weighted by atomic mass is 19.4. The third kappa shape index (κ3) is 3.89. The van der Waals surface area contributed by atoms with E-state index >= 15 is 0 Å². The Morgan fingerprint density at radius 2 is 1.93 bits per heavy atom. The third-order valence-corrected chi connectivity index (χ3v) is 4.90. The Labute approximate surface area is 162 Å². The van der Waals surface area contributed by atoms with Crippen molar-refractivity contribution < 1.29 is 32.2 Å². The van der Waals surface area contributed by atoms with Gasteiger partial charge in [-0.2, -0.15) is 18.3 Å². The molecule has 1 saturated heterocycles. The van der Waals surface area contributed by atoms with Crippen LogP contribution >= 0.6 is 0 Å². The first-order valence-electron chi connectivity index (χ1n) is 8.65. The molecule has 11 heteroatoms. The van der Waals surface area contributed by atoms with Gasteiger partial charge >= 0.3 is 12.3 Å². The maximum atomic E-state index is 14.3. The van der Waals surface area contributed by atoms with Crippen LogP contribution in [0.25, 0.3) is 0 Å². The molecule has 1 aliphatic rings. The molecule has 2 aromatic rings. The van der Waals surface area contributed by atoms with Crippen LogP contribution in [0.1, 0.15) is 29.9 Å². The SMILES string of the molecule is COc1cccc(F)c1C1CCN(c2cnn(C(=O)O)c(=O)c2C(F)(F)F)CC1. The van der Waals surface area contributed by atoms with Gasteiger partial charge in [-0.25, -0.2) is 9.18 Å². The number of aromatic nitrogens is 2. The van der Waals surface area contributed by atoms with Gasteiger partial charge in [0.1, 0.15) is 17.1 Å². The van der Waals surface area contributed by atoms with Gasteiger partial charge in [0.05, 0.1) is 19.0 Å². The van der Waals surface area contributed by atoms with E-state index in [0.29, 0.717) is 24.2 Å². The summed E-state index contributed by atoms with van der Waals surface area (Å²) in [5.41, 5.74) is -3.46. The Balaban J connectivity index is 1.92. The van der Waals surface area contributed by atoms with Gasteiger partial charge in [0.25, 0.3) is 5.56 Å². The number of methoxy groups -OCH3 is 1. The van der Waals surface area contributed by atoms with Crippen LogP contribution in [0, 0.1) is 5.82 Å². The zero-order chi connectivity index (χ0) is 21.3. The van der Waals surface area contributed by atoms with Crippen molar-refractivity contribution >= 4 is 11.8 Å². The molecule has 1 N–H and O–H groups in total. The van der Waals surface area contributed by atoms with Gasteiger partial charge in [0.15, 0.2) is 0 Å². The van der Waals surface area contributed by atoms with Crippen LogP contribution in [0.4, 0.5) is 28.0 Å². The number of ether oxygens (including phenoxy) is 1. The fourth-order valence-electron chi connectivity index (χ4n) is 3.59. The molecule has 1 aromatic heterocycles. The van der Waals surface area contributed by atoms with Crippen molar-refractivity contribution in [2.75, 3.05) is 25.1 Å². The maximum absolute atomic E-state index is 14.3. The summed E-state index contributed by atoms with van der Waals surface area (Å²) in [5.74, 6) is -0.362. The number of rotatable bonds is 3. The highest BCUT2D eigenvalue weighted by Gasteiger charge is 2.41. The van der Waals surface area contributed by atoms with E-state index in [9.17, 15) is 27.2 Å². The fourth-order valence-corrected chi connectivity index (χ4v) is 3.59. The molecule has 0 unspecified atom stereocenters. The second-order valence-electron chi connectivity index (χ2n) is 6.52. The Morgan fingerprint density at radius 3 is 2.48 bits per heavy atom. The van der Waals surface area contributed by atoms with E-state index < -0.39 is 34.9 Å². The van der Waals surface area contributed by atoms with Crippen molar-refractivity contribution in [2.24, 2.45) is 0 Å². The molecule has 3 rings (SSSR count). The molecular weight excluding hydrogens is 398 g/mol. The molecule has 0 radical (unpaired) electrons. The number of hydrogen-bond acceptors (Lipinski definition) is 5. The number of hydrogen-bond donors (Lipinski definition) is 1. The zero-order valence-electron chi connectivity index (χ0n) is 15.2. The van der Waals surface area contributed by atoms with Crippen molar-refractivity contribution in [3.63, 3.8) is 0 Å². The number of halogens is 4. The van der Waals surface area contributed by atoms with Gasteiger partial charge in [-0.3, -0.25) is 4.79 Å². The highest BCUT2D eigenvalue weighted by Crippen LogP contribution is 2.39. The average Bonchev–Trinajstić information content (AvgIpc) is 2.66. The van der Waals surface area contributed by atoms with Crippen LogP contribution in [0.5, 0.6) is 5.75 Å². The van der Waals surface area contributed by atoms with Crippen LogP contribution < -0.4 is 15.2 Å². The Hall–Kier alpha value is -3.11. The molecule has 2 heterocycles. The number of piperidine rings is 1. The van der Waals surface area contributed by atoms with E-state index in [-0.39, 0.29) is 23.7 Å². The molecule has 0 aliphatic carbocycles. The van der Waals surface area contributed by atoms with Gasteiger partial charge in [-0.15, -0.1) is 4.68 Å². The monoisotopic (exact) mass is 415 g/mol. The molecule has 1 fully saturated rings. The standard InChI is InChI=1S/C18H17F4N3O4/c1-29-13-4-2-3-11(19)14(13)10-5-7-24(8-6-10)12-9-23-25(17(27)28)16(26)15(12)18(20,21)22/h2-4,9-10H,5-8H2,1H3,(H,27,28). The Bertz CT molecular complexity index is 982. The molecule has 0 atom stereocenters. The number of carbonyl (C=O) groups is 1. The van der Waals surface area contributed by atoms with Crippen molar-refractivity contribution in [2.45, 2.75) is 24.9 Å². The second-order valence-corrected chi connectivity index (χ2v) is 6.52. The van der Waals surface area contributed by atoms with Gasteiger partial charge in [-0.05, 0) is 30.9 Å². The lowest BCUT2D eigenvalue weighted by molar-refractivity contribution is -0.138. The van der Waals surface area contributed by atoms with E-state index in [1.165, 1.54) is 24.1 Å². The molecule has 0 bridgehead atoms. The molecule has 7 nitrogen and oxygen atoms in total. The summed E-state index contributed by atoms with van der Waals surface area (Å²) in [6.07, 6.45) is -5.61. The minimum atomic E-state index is -5.06. The van der Waals surface area contributed by atoms with Gasteiger partial charge in [-0.1, -0.05) is 6.07 Å². The fraction of sp³-hybridized carbons (Fsp3) is 0.389. The van der Waals surface area contributed by atoms with Crippen LogP contribution in [0.2, 0.25) is 0 Å². The Kier molecular flexibility index (Phi) is 5.49. The molecule has 0 spiro atoms. The van der Waals surface area contributed by atoms with E-state index in [2.05, 4.69) is 5.10 Å². The van der Waals surface area contributed by atoms with Gasteiger partial charge in [0.2, 0.25) is 0 Å². The van der Waals surface area contributed by atoms with Gasteiger partial charge in [0, 0.05) is 18.7 Å². The number of nitrogens with zero attached hydrogens (tertiary/aromatic N) is 3. The normalized spacial score (nSPS) is 15.4. The molecule has 29 heavy (non-hydrogen) atoms. The number of alkyl halides is 3. The minimum Gasteiger partial charge on any atom is -0.496 e. The molecule has 0 saturated carbocycles. The lowest BCUT2D eigenvalue weighted by Crippen LogP contribution is -2.40. The minimum absolute atomic E-state index is 0.101. The van der Waals surface area contributed by atoms with E-state index in [4.69, 9.17) is 9.84 Å². The molecule has 156 valence electrons. The molecule has 1 aliphatic heterocycles. The first kappa shape index (κ1) is 20.6. The topological polar surface area (TPSA) is 84.7 Å². The summed E-state index contributed by atoms with van der Waals surface area (Å²) in [7, 11) is 1.41. The number of carboxylic acid groups (broad SMARTS) is 1. The van der Waals surface area contributed by atoms with Crippen molar-refractivity contribution in [3.05, 3.63) is 51.7 Å². The quantitative estimate of drug-likeness (QED) is 0.775. The van der Waals surface area contributed by atoms with Crippen LogP contribution in [0.15, 0.2) is 29.2 Å². The summed E-state index contributed by atoms with van der Waals surface area (Å²) >= 11 is 0. The van der Waals surface area contributed by atoms with Crippen molar-refractivity contribution in [3.8, 4) is 5.75 Å². The Morgan fingerprint density at radius 1 is 1.28 bits per heavy atom. The second kappa shape index (κ2) is 7.72. The van der Waals surface area contributed by atoms with Crippen LogP contribution in [-0.2, 0) is 6.18 Å². The molecule has 0 amide bonds. The third-order valence-electron chi connectivity index (χ3n) is 4.90. The smallest absolute Gasteiger partial charge is 0.435 e. The van der Waals surface area contributed by atoms with E-state index in [1.54, 1.807) is 6.07 Å². The predicted molar refractivity (Wildman–Crippen MR) is 94.1 cm³/mol. The van der Waals surface area contributed by atoms with Crippen molar-refractivity contribution in [1.29, 1.82) is 0 Å². The number of benzene rings is 1. The van der Waals surface area contributed by atoms with E-state index in [0.717, 1.165) is 6.20 Å². The maximum Gasteiger partial charge on any atom is 0.435 e. The summed E-state index contributed by atoms with van der Waals surface area (Å²) in [4.78, 5) is 24.3. The summed E-state index contributed by atoms with van der Waals surface area (Å²) < 4.78 is 59.7. The van der Waals surface area contributed by atoms with Crippen molar-refractivity contribution in [1.82, 2.24) is 9.78 Å². The van der Waals surface area contributed by atoms with Crippen LogP contribution in [-0.4, -0.2) is 41.2 Å². The predicted octanol–water partition coefficient (Wildman–Crippen LogP) is 3.32. The van der Waals surface area contributed by atoms with Gasteiger partial charge < -0.3 is 14.7 Å². The zero-order valence-corrected chi connectivity index (χ0v) is 15.2. The first-order chi connectivity index (χ1) is 13.6. The number of anilines is 1. The summed E-state index contributed by atoms with van der Waals surface area (Å²) in [5, 5.41) is 12.2. The lowest BCUT2D eigenvalue weighted by Gasteiger charge is -2.35. The molecule has 1 aromatic carbocycles.